The van der Waals surface area contributed by atoms with Crippen LogP contribution in [0.25, 0.3) is 0 Å². The molecule has 0 aromatic heterocycles. The van der Waals surface area contributed by atoms with Crippen molar-refractivity contribution in [1.29, 1.82) is 0 Å². The monoisotopic (exact) mass is 308 g/mol. The Bertz CT molecular complexity index is 715. The number of rotatable bonds is 3. The highest BCUT2D eigenvalue weighted by Gasteiger charge is 2.53. The zero-order valence-corrected chi connectivity index (χ0v) is 14.1. The normalized spacial score (nSPS) is 26.2. The maximum absolute atomic E-state index is 5.46. The first-order valence-electron chi connectivity index (χ1n) is 8.33. The molecule has 0 bridgehead atoms. The zero-order valence-electron chi connectivity index (χ0n) is 14.1. The van der Waals surface area contributed by atoms with Gasteiger partial charge in [-0.2, -0.15) is 0 Å². The first kappa shape index (κ1) is 14.6. The summed E-state index contributed by atoms with van der Waals surface area (Å²) in [5.74, 6) is 0.959. The van der Waals surface area contributed by atoms with E-state index in [0.717, 1.165) is 18.8 Å². The van der Waals surface area contributed by atoms with Gasteiger partial charge in [-0.15, -0.1) is 0 Å². The molecule has 2 aromatic rings. The van der Waals surface area contributed by atoms with Crippen molar-refractivity contribution < 1.29 is 4.74 Å². The second-order valence-corrected chi connectivity index (χ2v) is 6.99. The topological polar surface area (TPSA) is 15.7 Å². The minimum atomic E-state index is 0.174. The zero-order chi connectivity index (χ0) is 16.0. The van der Waals surface area contributed by atoms with Crippen molar-refractivity contribution in [3.8, 4) is 5.75 Å². The highest BCUT2D eigenvalue weighted by Crippen LogP contribution is 2.52. The predicted molar refractivity (Wildman–Crippen MR) is 94.0 cm³/mol. The van der Waals surface area contributed by atoms with E-state index in [1.54, 1.807) is 7.11 Å². The number of hydrogen-bond acceptors (Lipinski definition) is 3. The number of hydrogen-bond donors (Lipinski definition) is 0. The maximum Gasteiger partial charge on any atom is 0.119 e. The summed E-state index contributed by atoms with van der Waals surface area (Å²) in [5, 5.41) is 0. The number of benzene rings is 2. The van der Waals surface area contributed by atoms with Gasteiger partial charge in [0.2, 0.25) is 0 Å². The molecule has 3 heteroatoms. The van der Waals surface area contributed by atoms with Crippen LogP contribution in [0, 0.1) is 0 Å². The van der Waals surface area contributed by atoms with E-state index in [9.17, 15) is 0 Å². The van der Waals surface area contributed by atoms with Crippen LogP contribution in [-0.2, 0) is 12.0 Å². The van der Waals surface area contributed by atoms with Crippen LogP contribution >= 0.6 is 0 Å². The number of anilines is 1. The van der Waals surface area contributed by atoms with Gasteiger partial charge in [0.1, 0.15) is 5.75 Å². The molecule has 3 nitrogen and oxygen atoms in total. The van der Waals surface area contributed by atoms with E-state index >= 15 is 0 Å². The molecular formula is C20H24N2O. The Morgan fingerprint density at radius 1 is 1.17 bits per heavy atom. The van der Waals surface area contributed by atoms with Crippen molar-refractivity contribution in [3.05, 3.63) is 59.7 Å². The van der Waals surface area contributed by atoms with Crippen molar-refractivity contribution >= 4 is 5.69 Å². The summed E-state index contributed by atoms with van der Waals surface area (Å²) in [4.78, 5) is 5.06. The summed E-state index contributed by atoms with van der Waals surface area (Å²) in [6.45, 7) is 4.55. The fourth-order valence-corrected chi connectivity index (χ4v) is 4.50. The Balaban J connectivity index is 1.68. The van der Waals surface area contributed by atoms with E-state index in [-0.39, 0.29) is 5.41 Å². The van der Waals surface area contributed by atoms with E-state index in [1.165, 1.54) is 23.2 Å². The number of likely N-dealkylation sites (N-methyl/N-ethyl adjacent to an activating group) is 1. The number of fused-ring (bicyclic) bond motifs is 3. The van der Waals surface area contributed by atoms with E-state index < -0.39 is 0 Å². The lowest BCUT2D eigenvalue weighted by Gasteiger charge is -2.34. The molecule has 1 unspecified atom stereocenters. The Labute approximate surface area is 138 Å². The summed E-state index contributed by atoms with van der Waals surface area (Å²) >= 11 is 0. The lowest BCUT2D eigenvalue weighted by molar-refractivity contribution is 0.215. The SMILES string of the molecule is COc1ccc2c(c1)[C@]1(C)CCN(Cc3ccccc3)C1N2C. The molecule has 4 rings (SSSR count). The van der Waals surface area contributed by atoms with Crippen molar-refractivity contribution in [2.75, 3.05) is 25.6 Å². The highest BCUT2D eigenvalue weighted by atomic mass is 16.5. The maximum atomic E-state index is 5.46. The van der Waals surface area contributed by atoms with E-state index in [1.807, 2.05) is 0 Å². The Kier molecular flexibility index (Phi) is 3.34. The second kappa shape index (κ2) is 5.27. The molecule has 0 spiro atoms. The van der Waals surface area contributed by atoms with Gasteiger partial charge in [0.15, 0.2) is 0 Å². The predicted octanol–water partition coefficient (Wildman–Crippen LogP) is 3.63. The summed E-state index contributed by atoms with van der Waals surface area (Å²) in [7, 11) is 3.97. The van der Waals surface area contributed by atoms with Crippen molar-refractivity contribution in [2.24, 2.45) is 0 Å². The van der Waals surface area contributed by atoms with Gasteiger partial charge < -0.3 is 9.64 Å². The van der Waals surface area contributed by atoms with Gasteiger partial charge >= 0.3 is 0 Å². The van der Waals surface area contributed by atoms with Gasteiger partial charge in [-0.05, 0) is 35.7 Å². The minimum Gasteiger partial charge on any atom is -0.497 e. The molecule has 2 aliphatic rings. The summed E-state index contributed by atoms with van der Waals surface area (Å²) < 4.78 is 5.46. The van der Waals surface area contributed by atoms with Crippen molar-refractivity contribution in [3.63, 3.8) is 0 Å². The van der Waals surface area contributed by atoms with Gasteiger partial charge in [0.05, 0.1) is 13.3 Å². The van der Waals surface area contributed by atoms with Crippen molar-refractivity contribution in [1.82, 2.24) is 4.90 Å². The van der Waals surface area contributed by atoms with E-state index in [2.05, 4.69) is 72.3 Å². The fourth-order valence-electron chi connectivity index (χ4n) is 4.50. The van der Waals surface area contributed by atoms with Crippen LogP contribution in [0.2, 0.25) is 0 Å². The number of nitrogens with zero attached hydrogens (tertiary/aromatic N) is 2. The lowest BCUT2D eigenvalue weighted by atomic mass is 9.81. The molecule has 2 heterocycles. The molecule has 2 atom stereocenters. The molecule has 23 heavy (non-hydrogen) atoms. The average molecular weight is 308 g/mol. The first-order valence-corrected chi connectivity index (χ1v) is 8.33. The van der Waals surface area contributed by atoms with Gasteiger partial charge in [0, 0.05) is 31.2 Å². The molecule has 2 aliphatic heterocycles. The molecule has 0 N–H and O–H groups in total. The van der Waals surface area contributed by atoms with Crippen LogP contribution in [0.15, 0.2) is 48.5 Å². The first-order chi connectivity index (χ1) is 11.1. The quantitative estimate of drug-likeness (QED) is 0.861. The van der Waals surface area contributed by atoms with Gasteiger partial charge in [0.25, 0.3) is 0 Å². The fraction of sp³-hybridized carbons (Fsp3) is 0.400. The van der Waals surface area contributed by atoms with Crippen LogP contribution in [0.5, 0.6) is 5.75 Å². The molecule has 120 valence electrons. The average Bonchev–Trinajstić information content (AvgIpc) is 3.02. The van der Waals surface area contributed by atoms with Crippen LogP contribution in [0.1, 0.15) is 24.5 Å². The number of methoxy groups -OCH3 is 1. The van der Waals surface area contributed by atoms with E-state index in [0.29, 0.717) is 6.17 Å². The second-order valence-electron chi connectivity index (χ2n) is 6.99. The molecule has 0 aliphatic carbocycles. The molecule has 0 radical (unpaired) electrons. The standard InChI is InChI=1S/C20H24N2O/c1-20-11-12-22(14-15-7-5-4-6-8-15)19(20)21(2)18-10-9-16(23-3)13-17(18)20/h4-10,13,19H,11-12,14H2,1-3H3/t19?,20-/m0/s1. The van der Waals surface area contributed by atoms with Crippen LogP contribution in [0.4, 0.5) is 5.69 Å². The largest absolute Gasteiger partial charge is 0.497 e. The van der Waals surface area contributed by atoms with Gasteiger partial charge in [-0.25, -0.2) is 0 Å². The van der Waals surface area contributed by atoms with Crippen molar-refractivity contribution in [2.45, 2.75) is 31.5 Å². The van der Waals surface area contributed by atoms with Crippen LogP contribution in [-0.4, -0.2) is 31.8 Å². The smallest absolute Gasteiger partial charge is 0.119 e. The number of ether oxygens (including phenoxy) is 1. The third kappa shape index (κ3) is 2.14. The highest BCUT2D eigenvalue weighted by molar-refractivity contribution is 5.66. The van der Waals surface area contributed by atoms with E-state index in [4.69, 9.17) is 4.74 Å². The van der Waals surface area contributed by atoms with Gasteiger partial charge in [-0.1, -0.05) is 37.3 Å². The molecule has 0 amide bonds. The Morgan fingerprint density at radius 3 is 2.70 bits per heavy atom. The summed E-state index contributed by atoms with van der Waals surface area (Å²) in [6.07, 6.45) is 1.61. The minimum absolute atomic E-state index is 0.174. The lowest BCUT2D eigenvalue weighted by Crippen LogP contribution is -2.46. The molecular weight excluding hydrogens is 284 g/mol. The molecule has 1 fully saturated rings. The molecule has 0 saturated carbocycles. The third-order valence-electron chi connectivity index (χ3n) is 5.63. The Morgan fingerprint density at radius 2 is 1.96 bits per heavy atom. The third-order valence-corrected chi connectivity index (χ3v) is 5.63. The summed E-state index contributed by atoms with van der Waals surface area (Å²) in [6, 6.07) is 17.3. The number of likely N-dealkylation sites (tertiary alicyclic amines) is 1. The molecule has 2 aromatic carbocycles. The van der Waals surface area contributed by atoms with Crippen LogP contribution < -0.4 is 9.64 Å². The van der Waals surface area contributed by atoms with Gasteiger partial charge in [-0.3, -0.25) is 4.90 Å². The Hall–Kier alpha value is -2.00. The summed E-state index contributed by atoms with van der Waals surface area (Å²) in [5.41, 5.74) is 4.34. The molecule has 1 saturated heterocycles. The van der Waals surface area contributed by atoms with Crippen LogP contribution in [0.3, 0.4) is 0 Å².